The molecule has 15 heavy (non-hydrogen) atoms. The van der Waals surface area contributed by atoms with Crippen LogP contribution in [0.5, 0.6) is 5.75 Å². The molecule has 0 atom stereocenters. The van der Waals surface area contributed by atoms with Crippen molar-refractivity contribution in [1.29, 1.82) is 0 Å². The zero-order chi connectivity index (χ0) is 10.8. The molecule has 1 fully saturated rings. The molecule has 0 spiro atoms. The second-order valence-electron chi connectivity index (χ2n) is 4.47. The van der Waals surface area contributed by atoms with E-state index in [-0.39, 0.29) is 0 Å². The summed E-state index contributed by atoms with van der Waals surface area (Å²) >= 11 is 0. The molecule has 0 aliphatic carbocycles. The van der Waals surface area contributed by atoms with Gasteiger partial charge in [-0.2, -0.15) is 0 Å². The summed E-state index contributed by atoms with van der Waals surface area (Å²) < 4.78 is 0. The second kappa shape index (κ2) is 4.23. The zero-order valence-corrected chi connectivity index (χ0v) is 9.51. The number of aryl methyl sites for hydroxylation is 1. The fourth-order valence-electron chi connectivity index (χ4n) is 2.28. The summed E-state index contributed by atoms with van der Waals surface area (Å²) in [6.07, 6.45) is 2.27. The maximum atomic E-state index is 10.1. The van der Waals surface area contributed by atoms with Crippen molar-refractivity contribution in [3.8, 4) is 5.75 Å². The number of hydrogen-bond donors (Lipinski definition) is 2. The quantitative estimate of drug-likeness (QED) is 0.738. The molecule has 2 N–H and O–H groups in total. The molecule has 0 bridgehead atoms. The molecule has 1 aliphatic heterocycles. The van der Waals surface area contributed by atoms with Crippen LogP contribution in [0, 0.1) is 13.8 Å². The molecule has 1 aromatic carbocycles. The Labute approximate surface area is 91.3 Å². The third-order valence-corrected chi connectivity index (χ3v) is 3.51. The minimum atomic E-state index is 0.516. The van der Waals surface area contributed by atoms with Crippen LogP contribution in [0.2, 0.25) is 0 Å². The van der Waals surface area contributed by atoms with E-state index >= 15 is 0 Å². The van der Waals surface area contributed by atoms with Crippen molar-refractivity contribution in [2.75, 3.05) is 13.1 Å². The van der Waals surface area contributed by atoms with E-state index in [2.05, 4.69) is 17.4 Å². The molecule has 82 valence electrons. The molecule has 1 aromatic rings. The number of aromatic hydroxyl groups is 1. The van der Waals surface area contributed by atoms with Crippen LogP contribution in [0.1, 0.15) is 35.4 Å². The van der Waals surface area contributed by atoms with Crippen LogP contribution in [-0.4, -0.2) is 18.2 Å². The van der Waals surface area contributed by atoms with Crippen LogP contribution >= 0.6 is 0 Å². The van der Waals surface area contributed by atoms with Gasteiger partial charge in [-0.25, -0.2) is 0 Å². The summed E-state index contributed by atoms with van der Waals surface area (Å²) in [6, 6.07) is 4.21. The highest BCUT2D eigenvalue weighted by Crippen LogP contribution is 2.35. The molecule has 0 radical (unpaired) electrons. The van der Waals surface area contributed by atoms with Crippen LogP contribution < -0.4 is 5.32 Å². The number of rotatable bonds is 1. The van der Waals surface area contributed by atoms with Crippen molar-refractivity contribution in [2.45, 2.75) is 32.6 Å². The van der Waals surface area contributed by atoms with Crippen molar-refractivity contribution in [2.24, 2.45) is 0 Å². The van der Waals surface area contributed by atoms with Gasteiger partial charge in [-0.15, -0.1) is 0 Å². The third-order valence-electron chi connectivity index (χ3n) is 3.51. The van der Waals surface area contributed by atoms with Gasteiger partial charge in [0.1, 0.15) is 5.75 Å². The highest BCUT2D eigenvalue weighted by molar-refractivity contribution is 5.46. The summed E-state index contributed by atoms with van der Waals surface area (Å²) in [5.41, 5.74) is 3.34. The van der Waals surface area contributed by atoms with Gasteiger partial charge in [-0.1, -0.05) is 12.1 Å². The molecule has 1 aliphatic rings. The predicted octanol–water partition coefficient (Wildman–Crippen LogP) is 2.48. The van der Waals surface area contributed by atoms with Crippen LogP contribution in [0.4, 0.5) is 0 Å². The average Bonchev–Trinajstić information content (AvgIpc) is 2.27. The lowest BCUT2D eigenvalue weighted by Gasteiger charge is -2.24. The Morgan fingerprint density at radius 1 is 1.20 bits per heavy atom. The van der Waals surface area contributed by atoms with E-state index in [1.165, 1.54) is 5.56 Å². The Kier molecular flexibility index (Phi) is 2.96. The maximum absolute atomic E-state index is 10.1. The highest BCUT2D eigenvalue weighted by atomic mass is 16.3. The van der Waals surface area contributed by atoms with Crippen LogP contribution in [-0.2, 0) is 0 Å². The van der Waals surface area contributed by atoms with Crippen molar-refractivity contribution < 1.29 is 5.11 Å². The van der Waals surface area contributed by atoms with E-state index in [0.29, 0.717) is 11.7 Å². The molecular formula is C13H19NO. The SMILES string of the molecule is Cc1ccc(C2CCNCC2)c(O)c1C. The molecule has 0 aromatic heterocycles. The standard InChI is InChI=1S/C13H19NO/c1-9-3-4-12(13(15)10(9)2)11-5-7-14-8-6-11/h3-4,11,14-15H,5-8H2,1-2H3. The van der Waals surface area contributed by atoms with Gasteiger partial charge in [0, 0.05) is 0 Å². The number of benzene rings is 1. The number of phenols is 1. The highest BCUT2D eigenvalue weighted by Gasteiger charge is 2.19. The first kappa shape index (κ1) is 10.5. The van der Waals surface area contributed by atoms with E-state index in [0.717, 1.165) is 37.1 Å². The first-order valence-electron chi connectivity index (χ1n) is 5.70. The average molecular weight is 205 g/mol. The minimum Gasteiger partial charge on any atom is -0.507 e. The molecule has 2 heteroatoms. The molecule has 1 heterocycles. The summed E-state index contributed by atoms with van der Waals surface area (Å²) in [5.74, 6) is 1.05. The topological polar surface area (TPSA) is 32.3 Å². The number of hydrogen-bond acceptors (Lipinski definition) is 2. The Morgan fingerprint density at radius 2 is 1.87 bits per heavy atom. The number of phenolic OH excluding ortho intramolecular Hbond substituents is 1. The summed E-state index contributed by atoms with van der Waals surface area (Å²) in [6.45, 7) is 6.17. The summed E-state index contributed by atoms with van der Waals surface area (Å²) in [5, 5.41) is 13.5. The maximum Gasteiger partial charge on any atom is 0.122 e. The Balaban J connectivity index is 2.31. The fraction of sp³-hybridized carbons (Fsp3) is 0.538. The third kappa shape index (κ3) is 2.00. The molecule has 1 saturated heterocycles. The Morgan fingerprint density at radius 3 is 2.53 bits per heavy atom. The van der Waals surface area contributed by atoms with Gasteiger partial charge in [0.05, 0.1) is 0 Å². The summed E-state index contributed by atoms with van der Waals surface area (Å²) in [7, 11) is 0. The Hall–Kier alpha value is -1.02. The van der Waals surface area contributed by atoms with E-state index in [9.17, 15) is 5.11 Å². The van der Waals surface area contributed by atoms with E-state index in [1.54, 1.807) is 0 Å². The van der Waals surface area contributed by atoms with E-state index in [1.807, 2.05) is 13.8 Å². The van der Waals surface area contributed by atoms with Crippen molar-refractivity contribution in [1.82, 2.24) is 5.32 Å². The van der Waals surface area contributed by atoms with E-state index in [4.69, 9.17) is 0 Å². The lowest BCUT2D eigenvalue weighted by molar-refractivity contribution is 0.422. The van der Waals surface area contributed by atoms with E-state index < -0.39 is 0 Å². The molecular weight excluding hydrogens is 186 g/mol. The van der Waals surface area contributed by atoms with Gasteiger partial charge in [0.15, 0.2) is 0 Å². The minimum absolute atomic E-state index is 0.516. The normalized spacial score (nSPS) is 18.0. The summed E-state index contributed by atoms with van der Waals surface area (Å²) in [4.78, 5) is 0. The number of piperidine rings is 1. The molecule has 0 amide bonds. The van der Waals surface area contributed by atoms with Gasteiger partial charge in [0.25, 0.3) is 0 Å². The van der Waals surface area contributed by atoms with Gasteiger partial charge in [0.2, 0.25) is 0 Å². The van der Waals surface area contributed by atoms with Crippen LogP contribution in [0.15, 0.2) is 12.1 Å². The zero-order valence-electron chi connectivity index (χ0n) is 9.51. The van der Waals surface area contributed by atoms with Gasteiger partial charge < -0.3 is 10.4 Å². The van der Waals surface area contributed by atoms with Crippen molar-refractivity contribution in [3.63, 3.8) is 0 Å². The smallest absolute Gasteiger partial charge is 0.122 e. The first-order valence-corrected chi connectivity index (χ1v) is 5.70. The van der Waals surface area contributed by atoms with Gasteiger partial charge in [-0.3, -0.25) is 0 Å². The largest absolute Gasteiger partial charge is 0.507 e. The van der Waals surface area contributed by atoms with Crippen molar-refractivity contribution in [3.05, 3.63) is 28.8 Å². The predicted molar refractivity (Wildman–Crippen MR) is 62.4 cm³/mol. The monoisotopic (exact) mass is 205 g/mol. The van der Waals surface area contributed by atoms with Gasteiger partial charge >= 0.3 is 0 Å². The lowest BCUT2D eigenvalue weighted by atomic mass is 9.87. The van der Waals surface area contributed by atoms with Crippen LogP contribution in [0.3, 0.4) is 0 Å². The second-order valence-corrected chi connectivity index (χ2v) is 4.47. The molecule has 0 unspecified atom stereocenters. The fourth-order valence-corrected chi connectivity index (χ4v) is 2.28. The first-order chi connectivity index (χ1) is 7.20. The number of nitrogens with one attached hydrogen (secondary N) is 1. The molecule has 2 nitrogen and oxygen atoms in total. The molecule has 2 rings (SSSR count). The molecule has 0 saturated carbocycles. The van der Waals surface area contributed by atoms with Gasteiger partial charge in [-0.05, 0) is 62.4 Å². The lowest BCUT2D eigenvalue weighted by Crippen LogP contribution is -2.26. The Bertz CT molecular complexity index is 354. The van der Waals surface area contributed by atoms with Crippen molar-refractivity contribution >= 4 is 0 Å². The van der Waals surface area contributed by atoms with Crippen LogP contribution in [0.25, 0.3) is 0 Å².